The molecular weight excluding hydrogens is 428 g/mol. The first-order valence-corrected chi connectivity index (χ1v) is 11.6. The molecule has 0 aromatic heterocycles. The van der Waals surface area contributed by atoms with Crippen molar-refractivity contribution in [3.05, 3.63) is 64.7 Å². The molecule has 3 atom stereocenters. The number of hydrogen-bond donors (Lipinski definition) is 3. The van der Waals surface area contributed by atoms with E-state index >= 15 is 0 Å². The molecular formula is C25H33ClN2O4. The molecule has 174 valence electrons. The number of benzene rings is 2. The largest absolute Gasteiger partial charge is 0.484 e. The van der Waals surface area contributed by atoms with E-state index in [-0.39, 0.29) is 12.5 Å². The Morgan fingerprint density at radius 2 is 2.03 bits per heavy atom. The third-order valence-corrected chi connectivity index (χ3v) is 6.13. The van der Waals surface area contributed by atoms with Gasteiger partial charge < -0.3 is 25.2 Å². The quantitative estimate of drug-likeness (QED) is 0.421. The summed E-state index contributed by atoms with van der Waals surface area (Å²) >= 11 is 6.00. The van der Waals surface area contributed by atoms with Crippen molar-refractivity contribution in [2.45, 2.75) is 31.3 Å². The van der Waals surface area contributed by atoms with Crippen molar-refractivity contribution in [3.8, 4) is 5.75 Å². The van der Waals surface area contributed by atoms with Gasteiger partial charge in [0.1, 0.15) is 5.75 Å². The van der Waals surface area contributed by atoms with Crippen LogP contribution in [0.2, 0.25) is 5.02 Å². The van der Waals surface area contributed by atoms with E-state index in [1.165, 1.54) is 12.0 Å². The molecule has 3 unspecified atom stereocenters. The van der Waals surface area contributed by atoms with Gasteiger partial charge in [0, 0.05) is 25.2 Å². The van der Waals surface area contributed by atoms with Crippen LogP contribution < -0.4 is 15.4 Å². The Hall–Kier alpha value is -2.12. The molecule has 6 nitrogen and oxygen atoms in total. The summed E-state index contributed by atoms with van der Waals surface area (Å²) in [6, 6.07) is 15.4. The van der Waals surface area contributed by atoms with Gasteiger partial charge in [0.25, 0.3) is 5.91 Å². The van der Waals surface area contributed by atoms with Gasteiger partial charge in [-0.1, -0.05) is 35.9 Å². The van der Waals surface area contributed by atoms with E-state index in [0.29, 0.717) is 42.3 Å². The normalized spacial score (nSPS) is 19.0. The summed E-state index contributed by atoms with van der Waals surface area (Å²) in [6.45, 7) is 2.39. The highest BCUT2D eigenvalue weighted by Crippen LogP contribution is 2.38. The molecule has 2 aromatic rings. The highest BCUT2D eigenvalue weighted by Gasteiger charge is 2.25. The van der Waals surface area contributed by atoms with E-state index in [0.717, 1.165) is 24.9 Å². The van der Waals surface area contributed by atoms with E-state index in [2.05, 4.69) is 22.8 Å². The van der Waals surface area contributed by atoms with E-state index in [9.17, 15) is 9.90 Å². The van der Waals surface area contributed by atoms with Crippen molar-refractivity contribution in [2.24, 2.45) is 5.92 Å². The van der Waals surface area contributed by atoms with Gasteiger partial charge in [-0.3, -0.25) is 4.79 Å². The molecule has 1 amide bonds. The van der Waals surface area contributed by atoms with Gasteiger partial charge in [-0.05, 0) is 73.0 Å². The highest BCUT2D eigenvalue weighted by atomic mass is 35.5. The molecule has 0 radical (unpaired) electrons. The Balaban J connectivity index is 1.37. The minimum atomic E-state index is -0.555. The fourth-order valence-electron chi connectivity index (χ4n) is 4.15. The van der Waals surface area contributed by atoms with Crippen LogP contribution in [0.5, 0.6) is 5.75 Å². The lowest BCUT2D eigenvalue weighted by molar-refractivity contribution is -0.123. The number of aliphatic hydroxyl groups is 1. The first-order chi connectivity index (χ1) is 15.5. The smallest absolute Gasteiger partial charge is 0.258 e. The van der Waals surface area contributed by atoms with E-state index in [4.69, 9.17) is 21.1 Å². The number of amides is 1. The number of hydrogen-bond acceptors (Lipinski definition) is 5. The Bertz CT molecular complexity index is 846. The first kappa shape index (κ1) is 24.5. The maximum Gasteiger partial charge on any atom is 0.258 e. The fraction of sp³-hybridized carbons (Fsp3) is 0.480. The van der Waals surface area contributed by atoms with Crippen LogP contribution in [-0.2, 0) is 9.53 Å². The summed E-state index contributed by atoms with van der Waals surface area (Å²) in [5.74, 6) is 1.67. The first-order valence-electron chi connectivity index (χ1n) is 11.2. The van der Waals surface area contributed by atoms with Crippen LogP contribution in [-0.4, -0.2) is 51.0 Å². The summed E-state index contributed by atoms with van der Waals surface area (Å²) in [4.78, 5) is 11.7. The zero-order chi connectivity index (χ0) is 22.8. The number of nitrogens with one attached hydrogen (secondary N) is 2. The van der Waals surface area contributed by atoms with Gasteiger partial charge in [0.05, 0.1) is 12.7 Å². The summed E-state index contributed by atoms with van der Waals surface area (Å²) in [7, 11) is 1.60. The topological polar surface area (TPSA) is 79.8 Å². The molecule has 0 heterocycles. The maximum absolute atomic E-state index is 11.7. The fourth-order valence-corrected chi connectivity index (χ4v) is 4.35. The number of methoxy groups -OCH3 is 1. The molecule has 2 aromatic carbocycles. The lowest BCUT2D eigenvalue weighted by Gasteiger charge is -2.16. The molecule has 0 spiro atoms. The summed E-state index contributed by atoms with van der Waals surface area (Å²) in [5.41, 5.74) is 2.15. The second kappa shape index (κ2) is 12.8. The molecule has 7 heteroatoms. The Kier molecular flexibility index (Phi) is 9.81. The molecule has 1 aliphatic carbocycles. The van der Waals surface area contributed by atoms with Crippen molar-refractivity contribution >= 4 is 17.5 Å². The lowest BCUT2D eigenvalue weighted by atomic mass is 9.96. The van der Waals surface area contributed by atoms with Crippen LogP contribution in [0, 0.1) is 5.92 Å². The monoisotopic (exact) mass is 460 g/mol. The van der Waals surface area contributed by atoms with Crippen LogP contribution in [0.25, 0.3) is 0 Å². The number of aliphatic hydroxyl groups excluding tert-OH is 1. The molecule has 1 saturated carbocycles. The van der Waals surface area contributed by atoms with Crippen LogP contribution in [0.4, 0.5) is 0 Å². The van der Waals surface area contributed by atoms with Crippen molar-refractivity contribution in [2.75, 3.05) is 40.0 Å². The summed E-state index contributed by atoms with van der Waals surface area (Å²) in [6.07, 6.45) is 2.90. The van der Waals surface area contributed by atoms with Crippen LogP contribution in [0.15, 0.2) is 48.5 Å². The van der Waals surface area contributed by atoms with Crippen molar-refractivity contribution < 1.29 is 19.4 Å². The van der Waals surface area contributed by atoms with E-state index < -0.39 is 6.10 Å². The van der Waals surface area contributed by atoms with Crippen LogP contribution in [0.3, 0.4) is 0 Å². The Morgan fingerprint density at radius 3 is 2.78 bits per heavy atom. The second-order valence-electron chi connectivity index (χ2n) is 8.31. The zero-order valence-corrected chi connectivity index (χ0v) is 19.3. The molecule has 0 bridgehead atoms. The van der Waals surface area contributed by atoms with Crippen molar-refractivity contribution in [1.82, 2.24) is 10.6 Å². The average Bonchev–Trinajstić information content (AvgIpc) is 3.27. The summed E-state index contributed by atoms with van der Waals surface area (Å²) < 4.78 is 10.5. The minimum Gasteiger partial charge on any atom is -0.484 e. The molecule has 1 fully saturated rings. The number of halogens is 1. The number of carbonyl (C=O) groups is 1. The van der Waals surface area contributed by atoms with Gasteiger partial charge in [0.2, 0.25) is 0 Å². The maximum atomic E-state index is 11.7. The molecule has 3 N–H and O–H groups in total. The van der Waals surface area contributed by atoms with Gasteiger partial charge in [0.15, 0.2) is 6.61 Å². The van der Waals surface area contributed by atoms with E-state index in [1.807, 2.05) is 30.3 Å². The van der Waals surface area contributed by atoms with E-state index in [1.54, 1.807) is 13.2 Å². The lowest BCUT2D eigenvalue weighted by Crippen LogP contribution is -2.31. The average molecular weight is 461 g/mol. The number of carbonyl (C=O) groups excluding carboxylic acids is 1. The van der Waals surface area contributed by atoms with Crippen molar-refractivity contribution in [1.29, 1.82) is 0 Å². The minimum absolute atomic E-state index is 0.00126. The standard InChI is InChI=1S/C25H33ClN2O4/c1-31-12-11-28-25(30)17-32-23-9-7-19(8-10-23)20-6-5-18(13-20)15-27-16-24(29)21-3-2-4-22(26)14-21/h2-4,7-10,14,18,20,24,27,29H,5-6,11-13,15-17H2,1H3,(H,28,30). The van der Waals surface area contributed by atoms with Gasteiger partial charge >= 0.3 is 0 Å². The third kappa shape index (κ3) is 7.78. The van der Waals surface area contributed by atoms with Gasteiger partial charge in [-0.2, -0.15) is 0 Å². The Morgan fingerprint density at radius 1 is 1.22 bits per heavy atom. The molecule has 1 aliphatic rings. The molecule has 3 rings (SSSR count). The predicted octanol–water partition coefficient (Wildman–Crippen LogP) is 3.69. The second-order valence-corrected chi connectivity index (χ2v) is 8.74. The SMILES string of the molecule is COCCNC(=O)COc1ccc(C2CCC(CNCC(O)c3cccc(Cl)c3)C2)cc1. The Labute approximate surface area is 195 Å². The number of ether oxygens (including phenoxy) is 2. The third-order valence-electron chi connectivity index (χ3n) is 5.90. The molecule has 32 heavy (non-hydrogen) atoms. The van der Waals surface area contributed by atoms with Gasteiger partial charge in [-0.15, -0.1) is 0 Å². The number of rotatable bonds is 12. The highest BCUT2D eigenvalue weighted by molar-refractivity contribution is 6.30. The zero-order valence-electron chi connectivity index (χ0n) is 18.6. The van der Waals surface area contributed by atoms with Gasteiger partial charge in [-0.25, -0.2) is 0 Å². The molecule has 0 saturated heterocycles. The summed E-state index contributed by atoms with van der Waals surface area (Å²) in [5, 5.41) is 17.1. The molecule has 0 aliphatic heterocycles. The predicted molar refractivity (Wildman–Crippen MR) is 126 cm³/mol. The van der Waals surface area contributed by atoms with Crippen LogP contribution >= 0.6 is 11.6 Å². The van der Waals surface area contributed by atoms with Crippen LogP contribution in [0.1, 0.15) is 42.4 Å². The van der Waals surface area contributed by atoms with Crippen molar-refractivity contribution in [3.63, 3.8) is 0 Å².